The Morgan fingerprint density at radius 2 is 2.11 bits per heavy atom. The molecule has 7 nitrogen and oxygen atoms in total. The van der Waals surface area contributed by atoms with Gasteiger partial charge in [0.15, 0.2) is 0 Å². The molecule has 1 saturated carbocycles. The highest BCUT2D eigenvalue weighted by atomic mass is 127. The Balaban J connectivity index is 2.15. The summed E-state index contributed by atoms with van der Waals surface area (Å²) >= 11 is 2.26. The van der Waals surface area contributed by atoms with Gasteiger partial charge in [0.2, 0.25) is 0 Å². The monoisotopic (exact) mass is 504 g/mol. The molecule has 0 aliphatic heterocycles. The van der Waals surface area contributed by atoms with E-state index < -0.39 is 12.2 Å². The summed E-state index contributed by atoms with van der Waals surface area (Å²) in [5.74, 6) is 0.199. The maximum atomic E-state index is 14.6. The molecule has 0 radical (unpaired) electrons. The second-order valence-electron chi connectivity index (χ2n) is 7.73. The third-order valence-electron chi connectivity index (χ3n) is 5.44. The number of anilines is 1. The van der Waals surface area contributed by atoms with Gasteiger partial charge in [0.1, 0.15) is 17.4 Å². The molecule has 2 aromatic heterocycles. The van der Waals surface area contributed by atoms with E-state index in [1.807, 2.05) is 6.92 Å². The summed E-state index contributed by atoms with van der Waals surface area (Å²) in [7, 11) is 1.58. The van der Waals surface area contributed by atoms with Gasteiger partial charge in [-0.05, 0) is 32.1 Å². The lowest BCUT2D eigenvalue weighted by Crippen LogP contribution is -2.39. The molecule has 0 amide bonds. The van der Waals surface area contributed by atoms with Crippen molar-refractivity contribution in [3.05, 3.63) is 32.6 Å². The average Bonchev–Trinajstić information content (AvgIpc) is 2.66. The number of alkyl halides is 2. The zero-order chi connectivity index (χ0) is 20.6. The molecule has 0 spiro atoms. The molecule has 1 aliphatic carbocycles. The lowest BCUT2D eigenvalue weighted by atomic mass is 9.93. The Kier molecular flexibility index (Phi) is 6.43. The van der Waals surface area contributed by atoms with Crippen LogP contribution in [0.2, 0.25) is 0 Å². The first-order chi connectivity index (χ1) is 13.2. The Morgan fingerprint density at radius 1 is 1.39 bits per heavy atom. The minimum absolute atomic E-state index is 0.0506. The van der Waals surface area contributed by atoms with Crippen molar-refractivity contribution in [1.82, 2.24) is 14.1 Å². The van der Waals surface area contributed by atoms with Crippen molar-refractivity contribution in [2.45, 2.75) is 55.8 Å². The topological polar surface area (TPSA) is 89.2 Å². The van der Waals surface area contributed by atoms with E-state index in [9.17, 15) is 19.1 Å². The van der Waals surface area contributed by atoms with Crippen LogP contribution in [0.1, 0.15) is 31.7 Å². The number of aromatic nitrogens is 3. The van der Waals surface area contributed by atoms with E-state index in [1.165, 1.54) is 15.5 Å². The summed E-state index contributed by atoms with van der Waals surface area (Å²) in [4.78, 5) is 30.2. The van der Waals surface area contributed by atoms with Crippen molar-refractivity contribution < 1.29 is 9.50 Å². The lowest BCUT2D eigenvalue weighted by Gasteiger charge is -2.31. The predicted octanol–water partition coefficient (Wildman–Crippen LogP) is 2.14. The van der Waals surface area contributed by atoms with Crippen molar-refractivity contribution in [2.75, 3.05) is 11.9 Å². The normalized spacial score (nSPS) is 23.7. The molecule has 0 bridgehead atoms. The minimum Gasteiger partial charge on any atom is -0.396 e. The predicted molar refractivity (Wildman–Crippen MR) is 116 cm³/mol. The lowest BCUT2D eigenvalue weighted by molar-refractivity contribution is 0.221. The largest absolute Gasteiger partial charge is 0.396 e. The van der Waals surface area contributed by atoms with Crippen LogP contribution in [0.5, 0.6) is 0 Å². The number of nitrogens with one attached hydrogen (secondary N) is 1. The molecule has 2 aromatic rings. The van der Waals surface area contributed by atoms with E-state index in [-0.39, 0.29) is 29.0 Å². The quantitative estimate of drug-likeness (QED) is 0.482. The molecule has 28 heavy (non-hydrogen) atoms. The van der Waals surface area contributed by atoms with Crippen LogP contribution in [0.4, 0.5) is 10.2 Å². The fraction of sp³-hybridized carbons (Fsp3) is 0.632. The van der Waals surface area contributed by atoms with Crippen LogP contribution in [-0.4, -0.2) is 42.0 Å². The first-order valence-electron chi connectivity index (χ1n) is 9.48. The van der Waals surface area contributed by atoms with Crippen LogP contribution in [0.25, 0.3) is 10.9 Å². The number of aliphatic hydroxyl groups excluding tert-OH is 1. The number of fused-ring (bicyclic) bond motifs is 1. The number of rotatable bonds is 5. The van der Waals surface area contributed by atoms with Gasteiger partial charge < -0.3 is 10.4 Å². The van der Waals surface area contributed by atoms with Gasteiger partial charge in [-0.25, -0.2) is 9.37 Å². The molecular weight excluding hydrogens is 478 g/mol. The van der Waals surface area contributed by atoms with Crippen molar-refractivity contribution in [2.24, 2.45) is 13.0 Å². The van der Waals surface area contributed by atoms with E-state index in [0.717, 1.165) is 6.42 Å². The minimum atomic E-state index is -1.05. The Hall–Kier alpha value is -1.49. The first-order valence-corrected chi connectivity index (χ1v) is 10.7. The van der Waals surface area contributed by atoms with Gasteiger partial charge in [-0.1, -0.05) is 29.5 Å². The van der Waals surface area contributed by atoms with Crippen molar-refractivity contribution in [3.8, 4) is 0 Å². The smallest absolute Gasteiger partial charge is 0.264 e. The average molecular weight is 504 g/mol. The molecule has 1 fully saturated rings. The van der Waals surface area contributed by atoms with Crippen LogP contribution >= 0.6 is 22.6 Å². The summed E-state index contributed by atoms with van der Waals surface area (Å²) < 4.78 is 17.7. The van der Waals surface area contributed by atoms with Crippen LogP contribution in [0, 0.1) is 12.8 Å². The number of halogens is 2. The number of pyridine rings is 1. The molecule has 9 heteroatoms. The molecule has 154 valence electrons. The molecule has 3 rings (SSSR count). The molecular formula is C19H26FIN4O3. The van der Waals surface area contributed by atoms with E-state index in [0.29, 0.717) is 40.2 Å². The third kappa shape index (κ3) is 3.96. The number of aryl methyl sites for hydroxylation is 1. The van der Waals surface area contributed by atoms with Gasteiger partial charge >= 0.3 is 0 Å². The van der Waals surface area contributed by atoms with Crippen LogP contribution in [-0.2, 0) is 13.6 Å². The Bertz CT molecular complexity index is 990. The van der Waals surface area contributed by atoms with Gasteiger partial charge in [0.25, 0.3) is 11.1 Å². The fourth-order valence-electron chi connectivity index (χ4n) is 3.71. The summed E-state index contributed by atoms with van der Waals surface area (Å²) in [5, 5.41) is 12.7. The number of hydrogen-bond acceptors (Lipinski definition) is 5. The molecule has 1 aliphatic rings. The zero-order valence-electron chi connectivity index (χ0n) is 16.3. The second kappa shape index (κ2) is 8.48. The number of aliphatic hydroxyl groups is 1. The number of nitrogens with zero attached hydrogens (tertiary/aromatic N) is 3. The van der Waals surface area contributed by atoms with E-state index in [2.05, 4.69) is 32.9 Å². The number of hydrogen-bond donors (Lipinski definition) is 2. The SMILES string of the molecule is Cc1c(=O)n(C)c(NC2CCC(I)CC2F)c2c(=O)n(C[C@@H](C)CO)cnc12. The Labute approximate surface area is 176 Å². The van der Waals surface area contributed by atoms with E-state index in [4.69, 9.17) is 0 Å². The van der Waals surface area contributed by atoms with Crippen LogP contribution < -0.4 is 16.4 Å². The van der Waals surface area contributed by atoms with Crippen LogP contribution in [0.15, 0.2) is 15.9 Å². The molecule has 3 unspecified atom stereocenters. The van der Waals surface area contributed by atoms with Crippen molar-refractivity contribution in [3.63, 3.8) is 0 Å². The first kappa shape index (κ1) is 21.2. The van der Waals surface area contributed by atoms with E-state index >= 15 is 0 Å². The van der Waals surface area contributed by atoms with Crippen molar-refractivity contribution >= 4 is 39.3 Å². The maximum Gasteiger partial charge on any atom is 0.264 e. The highest BCUT2D eigenvalue weighted by molar-refractivity contribution is 14.1. The zero-order valence-corrected chi connectivity index (χ0v) is 18.4. The van der Waals surface area contributed by atoms with Gasteiger partial charge in [0, 0.05) is 29.7 Å². The second-order valence-corrected chi connectivity index (χ2v) is 9.49. The molecule has 0 saturated heterocycles. The van der Waals surface area contributed by atoms with Gasteiger partial charge in [-0.3, -0.25) is 18.7 Å². The van der Waals surface area contributed by atoms with Crippen LogP contribution in [0.3, 0.4) is 0 Å². The molecule has 2 N–H and O–H groups in total. The summed E-state index contributed by atoms with van der Waals surface area (Å²) in [6.45, 7) is 3.73. The highest BCUT2D eigenvalue weighted by Crippen LogP contribution is 2.30. The molecule has 4 atom stereocenters. The van der Waals surface area contributed by atoms with E-state index in [1.54, 1.807) is 14.0 Å². The maximum absolute atomic E-state index is 14.6. The summed E-state index contributed by atoms with van der Waals surface area (Å²) in [6.07, 6.45) is 2.33. The summed E-state index contributed by atoms with van der Waals surface area (Å²) in [5.41, 5.74) is 0.155. The molecule has 0 aromatic carbocycles. The van der Waals surface area contributed by atoms with Gasteiger partial charge in [-0.2, -0.15) is 0 Å². The van der Waals surface area contributed by atoms with Gasteiger partial charge in [-0.15, -0.1) is 0 Å². The fourth-order valence-corrected chi connectivity index (χ4v) is 4.55. The summed E-state index contributed by atoms with van der Waals surface area (Å²) in [6, 6.07) is -0.452. The van der Waals surface area contributed by atoms with Crippen molar-refractivity contribution in [1.29, 1.82) is 0 Å². The van der Waals surface area contributed by atoms with Gasteiger partial charge in [0.05, 0.1) is 17.9 Å². The standard InChI is InChI=1S/C19H26FIN4O3/c1-10(8-26)7-25-9-22-16-11(2)18(27)24(3)17(15(16)19(25)28)23-14-5-4-12(21)6-13(14)20/h9-10,12-14,23,26H,4-8H2,1-3H3/t10-,12?,13?,14?/m1/s1. The highest BCUT2D eigenvalue weighted by Gasteiger charge is 2.31. The Morgan fingerprint density at radius 3 is 2.75 bits per heavy atom. The third-order valence-corrected chi connectivity index (χ3v) is 6.57. The molecule has 2 heterocycles.